The number of aryl methyl sites for hydroxylation is 2. The van der Waals surface area contributed by atoms with E-state index in [1.54, 1.807) is 0 Å². The highest BCUT2D eigenvalue weighted by molar-refractivity contribution is 5.73. The molecule has 1 aromatic heterocycles. The zero-order valence-electron chi connectivity index (χ0n) is 7.79. The van der Waals surface area contributed by atoms with Crippen LogP contribution < -0.4 is 5.73 Å². The summed E-state index contributed by atoms with van der Waals surface area (Å²) >= 11 is 0. The number of rotatable bonds is 3. The van der Waals surface area contributed by atoms with Crippen molar-refractivity contribution in [2.75, 3.05) is 0 Å². The van der Waals surface area contributed by atoms with Crippen molar-refractivity contribution < 1.29 is 9.90 Å². The van der Waals surface area contributed by atoms with Gasteiger partial charge in [-0.15, -0.1) is 0 Å². The maximum atomic E-state index is 10.5. The first-order valence-corrected chi connectivity index (χ1v) is 4.14. The first kappa shape index (κ1) is 9.80. The van der Waals surface area contributed by atoms with E-state index < -0.39 is 12.0 Å². The summed E-state index contributed by atoms with van der Waals surface area (Å²) in [6, 6.07) is 1.15. The van der Waals surface area contributed by atoms with Crippen LogP contribution in [0, 0.1) is 13.8 Å². The molecule has 0 amide bonds. The summed E-state index contributed by atoms with van der Waals surface area (Å²) < 4.78 is 0. The number of aliphatic carboxylic acids is 1. The van der Waals surface area contributed by atoms with Gasteiger partial charge in [-0.25, -0.2) is 0 Å². The van der Waals surface area contributed by atoms with Crippen LogP contribution in [0.5, 0.6) is 0 Å². The molecule has 1 atom stereocenters. The van der Waals surface area contributed by atoms with Crippen LogP contribution in [0.4, 0.5) is 0 Å². The zero-order chi connectivity index (χ0) is 10.0. The lowest BCUT2D eigenvalue weighted by Crippen LogP contribution is -2.32. The van der Waals surface area contributed by atoms with Crippen molar-refractivity contribution in [1.82, 2.24) is 4.98 Å². The Labute approximate surface area is 76.8 Å². The molecular weight excluding hydrogens is 168 g/mol. The lowest BCUT2D eigenvalue weighted by molar-refractivity contribution is -0.138. The van der Waals surface area contributed by atoms with Gasteiger partial charge in [0.1, 0.15) is 6.04 Å². The van der Waals surface area contributed by atoms with Crippen molar-refractivity contribution >= 4 is 5.97 Å². The Morgan fingerprint density at radius 3 is 2.69 bits per heavy atom. The van der Waals surface area contributed by atoms with Crippen LogP contribution in [0.3, 0.4) is 0 Å². The van der Waals surface area contributed by atoms with Gasteiger partial charge in [0.2, 0.25) is 0 Å². The number of carbonyl (C=O) groups is 1. The number of carboxylic acid groups (broad SMARTS) is 1. The maximum absolute atomic E-state index is 10.5. The van der Waals surface area contributed by atoms with E-state index in [-0.39, 0.29) is 0 Å². The molecule has 13 heavy (non-hydrogen) atoms. The Morgan fingerprint density at radius 1 is 1.69 bits per heavy atom. The van der Waals surface area contributed by atoms with Gasteiger partial charge in [0.25, 0.3) is 0 Å². The summed E-state index contributed by atoms with van der Waals surface area (Å²) in [5.74, 6) is -0.966. The van der Waals surface area contributed by atoms with Crippen LogP contribution in [0.1, 0.15) is 17.0 Å². The highest BCUT2D eigenvalue weighted by atomic mass is 16.4. The molecule has 0 aromatic carbocycles. The summed E-state index contributed by atoms with van der Waals surface area (Å²) in [6.45, 7) is 3.87. The quantitative estimate of drug-likeness (QED) is 0.640. The number of aromatic nitrogens is 1. The molecule has 1 heterocycles. The first-order valence-electron chi connectivity index (χ1n) is 4.14. The predicted octanol–water partition coefficient (Wildman–Crippen LogP) is 0.586. The third kappa shape index (κ3) is 2.32. The Bertz CT molecular complexity index is 317. The monoisotopic (exact) mass is 182 g/mol. The molecule has 0 saturated heterocycles. The molecule has 0 aliphatic carbocycles. The standard InChI is InChI=1S/C9H14N2O2/c1-5-3-6(2)11-8(5)4-7(10)9(12)13/h3,7,11H,4,10H2,1-2H3,(H,12,13). The van der Waals surface area contributed by atoms with Crippen molar-refractivity contribution in [2.45, 2.75) is 26.3 Å². The number of hydrogen-bond donors (Lipinski definition) is 3. The molecule has 4 N–H and O–H groups in total. The fourth-order valence-electron chi connectivity index (χ4n) is 1.30. The number of nitrogens with two attached hydrogens (primary N) is 1. The van der Waals surface area contributed by atoms with E-state index in [1.165, 1.54) is 0 Å². The van der Waals surface area contributed by atoms with Crippen LogP contribution in [0.2, 0.25) is 0 Å². The molecule has 0 saturated carbocycles. The molecule has 0 aliphatic heterocycles. The largest absolute Gasteiger partial charge is 0.480 e. The second-order valence-corrected chi connectivity index (χ2v) is 3.26. The Morgan fingerprint density at radius 2 is 2.31 bits per heavy atom. The van der Waals surface area contributed by atoms with Crippen LogP contribution in [0.25, 0.3) is 0 Å². The van der Waals surface area contributed by atoms with Gasteiger partial charge in [0, 0.05) is 17.8 Å². The van der Waals surface area contributed by atoms with E-state index in [0.717, 1.165) is 17.0 Å². The number of hydrogen-bond acceptors (Lipinski definition) is 2. The summed E-state index contributed by atoms with van der Waals surface area (Å²) in [7, 11) is 0. The lowest BCUT2D eigenvalue weighted by Gasteiger charge is -2.05. The summed E-state index contributed by atoms with van der Waals surface area (Å²) in [4.78, 5) is 13.6. The SMILES string of the molecule is Cc1cc(C)c(CC(N)C(=O)O)[nH]1. The van der Waals surface area contributed by atoms with Gasteiger partial charge in [-0.05, 0) is 25.5 Å². The van der Waals surface area contributed by atoms with E-state index in [4.69, 9.17) is 10.8 Å². The number of carboxylic acids is 1. The summed E-state index contributed by atoms with van der Waals surface area (Å²) in [5.41, 5.74) is 8.41. The van der Waals surface area contributed by atoms with E-state index in [9.17, 15) is 4.79 Å². The molecule has 0 aliphatic rings. The molecule has 4 nitrogen and oxygen atoms in total. The fourth-order valence-corrected chi connectivity index (χ4v) is 1.30. The van der Waals surface area contributed by atoms with Gasteiger partial charge in [-0.2, -0.15) is 0 Å². The maximum Gasteiger partial charge on any atom is 0.320 e. The minimum Gasteiger partial charge on any atom is -0.480 e. The zero-order valence-corrected chi connectivity index (χ0v) is 7.79. The molecule has 0 spiro atoms. The highest BCUT2D eigenvalue weighted by Gasteiger charge is 2.14. The van der Waals surface area contributed by atoms with E-state index in [0.29, 0.717) is 6.42 Å². The minimum absolute atomic E-state index is 0.356. The van der Waals surface area contributed by atoms with Crippen molar-refractivity contribution in [3.05, 3.63) is 23.0 Å². The Balaban J connectivity index is 2.74. The molecule has 1 unspecified atom stereocenters. The van der Waals surface area contributed by atoms with E-state index >= 15 is 0 Å². The van der Waals surface area contributed by atoms with E-state index in [1.807, 2.05) is 19.9 Å². The Hall–Kier alpha value is -1.29. The van der Waals surface area contributed by atoms with Crippen LogP contribution in [-0.2, 0) is 11.2 Å². The average Bonchev–Trinajstić information content (AvgIpc) is 2.30. The fraction of sp³-hybridized carbons (Fsp3) is 0.444. The molecule has 1 aromatic rings. The van der Waals surface area contributed by atoms with Crippen LogP contribution in [-0.4, -0.2) is 22.1 Å². The molecule has 4 heteroatoms. The number of H-pyrrole nitrogens is 1. The van der Waals surface area contributed by atoms with Gasteiger partial charge < -0.3 is 15.8 Å². The predicted molar refractivity (Wildman–Crippen MR) is 49.6 cm³/mol. The smallest absolute Gasteiger partial charge is 0.320 e. The second-order valence-electron chi connectivity index (χ2n) is 3.26. The number of aromatic amines is 1. The third-order valence-corrected chi connectivity index (χ3v) is 2.00. The van der Waals surface area contributed by atoms with Gasteiger partial charge >= 0.3 is 5.97 Å². The van der Waals surface area contributed by atoms with Crippen molar-refractivity contribution in [2.24, 2.45) is 5.73 Å². The van der Waals surface area contributed by atoms with Crippen LogP contribution >= 0.6 is 0 Å². The summed E-state index contributed by atoms with van der Waals surface area (Å²) in [6.07, 6.45) is 0.356. The Kier molecular flexibility index (Phi) is 2.72. The molecule has 1 rings (SSSR count). The van der Waals surface area contributed by atoms with E-state index in [2.05, 4.69) is 4.98 Å². The molecular formula is C9H14N2O2. The molecule has 0 radical (unpaired) electrons. The lowest BCUT2D eigenvalue weighted by atomic mass is 10.1. The van der Waals surface area contributed by atoms with Crippen molar-refractivity contribution in [1.29, 1.82) is 0 Å². The van der Waals surface area contributed by atoms with Crippen molar-refractivity contribution in [3.63, 3.8) is 0 Å². The van der Waals surface area contributed by atoms with Gasteiger partial charge in [-0.3, -0.25) is 4.79 Å². The first-order chi connectivity index (χ1) is 6.00. The number of nitrogens with one attached hydrogen (secondary N) is 1. The topological polar surface area (TPSA) is 79.1 Å². The molecule has 72 valence electrons. The highest BCUT2D eigenvalue weighted by Crippen LogP contribution is 2.10. The van der Waals surface area contributed by atoms with Crippen molar-refractivity contribution in [3.8, 4) is 0 Å². The van der Waals surface area contributed by atoms with Gasteiger partial charge in [-0.1, -0.05) is 0 Å². The van der Waals surface area contributed by atoms with Gasteiger partial charge in [0.15, 0.2) is 0 Å². The second kappa shape index (κ2) is 3.62. The summed E-state index contributed by atoms with van der Waals surface area (Å²) in [5, 5.41) is 8.60. The normalized spacial score (nSPS) is 12.8. The minimum atomic E-state index is -0.966. The molecule has 0 bridgehead atoms. The molecule has 0 fully saturated rings. The average molecular weight is 182 g/mol. The third-order valence-electron chi connectivity index (χ3n) is 2.00. The van der Waals surface area contributed by atoms with Crippen LogP contribution in [0.15, 0.2) is 6.07 Å². The van der Waals surface area contributed by atoms with Gasteiger partial charge in [0.05, 0.1) is 0 Å².